The third-order valence-electron chi connectivity index (χ3n) is 4.58. The van der Waals surface area contributed by atoms with Gasteiger partial charge in [0, 0.05) is 6.04 Å². The summed E-state index contributed by atoms with van der Waals surface area (Å²) in [6, 6.07) is 0.595. The van der Waals surface area contributed by atoms with E-state index >= 15 is 0 Å². The minimum atomic E-state index is 0.595. The van der Waals surface area contributed by atoms with Gasteiger partial charge in [-0.25, -0.2) is 0 Å². The smallest absolute Gasteiger partial charge is 0.0241 e. The minimum absolute atomic E-state index is 0.595. The SMILES string of the molecule is CC1CCC(C(CC2CCCC2)NN)C1. The molecule has 0 bridgehead atoms. The van der Waals surface area contributed by atoms with E-state index in [1.165, 1.54) is 51.4 Å². The van der Waals surface area contributed by atoms with Crippen molar-refractivity contribution in [1.29, 1.82) is 0 Å². The normalized spacial score (nSPS) is 34.8. The van der Waals surface area contributed by atoms with Crippen molar-refractivity contribution in [2.75, 3.05) is 0 Å². The maximum atomic E-state index is 5.73. The second kappa shape index (κ2) is 5.31. The monoisotopic (exact) mass is 210 g/mol. The summed E-state index contributed by atoms with van der Waals surface area (Å²) in [4.78, 5) is 0. The zero-order chi connectivity index (χ0) is 10.7. The van der Waals surface area contributed by atoms with Gasteiger partial charge in [-0.05, 0) is 37.0 Å². The second-order valence-electron chi connectivity index (χ2n) is 5.84. The predicted octanol–water partition coefficient (Wildman–Crippen LogP) is 2.83. The molecule has 2 aliphatic carbocycles. The van der Waals surface area contributed by atoms with Crippen LogP contribution in [0.3, 0.4) is 0 Å². The lowest BCUT2D eigenvalue weighted by atomic mass is 9.88. The van der Waals surface area contributed by atoms with Crippen LogP contribution >= 0.6 is 0 Å². The zero-order valence-electron chi connectivity index (χ0n) is 10.0. The van der Waals surface area contributed by atoms with Crippen LogP contribution < -0.4 is 11.3 Å². The Kier molecular flexibility index (Phi) is 4.04. The number of nitrogens with one attached hydrogen (secondary N) is 1. The summed E-state index contributed by atoms with van der Waals surface area (Å²) >= 11 is 0. The van der Waals surface area contributed by atoms with Gasteiger partial charge in [-0.2, -0.15) is 0 Å². The molecule has 2 saturated carbocycles. The molecule has 3 N–H and O–H groups in total. The van der Waals surface area contributed by atoms with Gasteiger partial charge in [-0.1, -0.05) is 39.0 Å². The molecular weight excluding hydrogens is 184 g/mol. The van der Waals surface area contributed by atoms with Gasteiger partial charge >= 0.3 is 0 Å². The quantitative estimate of drug-likeness (QED) is 0.553. The molecule has 2 heteroatoms. The molecule has 0 heterocycles. The average Bonchev–Trinajstić information content (AvgIpc) is 2.85. The van der Waals surface area contributed by atoms with Crippen molar-refractivity contribution in [2.45, 2.75) is 64.3 Å². The van der Waals surface area contributed by atoms with E-state index in [1.807, 2.05) is 0 Å². The Morgan fingerprint density at radius 1 is 1.20 bits per heavy atom. The van der Waals surface area contributed by atoms with Crippen molar-refractivity contribution in [3.8, 4) is 0 Å². The summed E-state index contributed by atoms with van der Waals surface area (Å²) in [6.07, 6.45) is 11.3. The van der Waals surface area contributed by atoms with Gasteiger partial charge in [0.2, 0.25) is 0 Å². The Bertz CT molecular complexity index is 187. The fourth-order valence-corrected chi connectivity index (χ4v) is 3.62. The van der Waals surface area contributed by atoms with Gasteiger partial charge in [-0.3, -0.25) is 11.3 Å². The maximum Gasteiger partial charge on any atom is 0.0241 e. The van der Waals surface area contributed by atoms with Gasteiger partial charge in [0.25, 0.3) is 0 Å². The zero-order valence-corrected chi connectivity index (χ0v) is 10.0. The van der Waals surface area contributed by atoms with E-state index in [9.17, 15) is 0 Å². The molecule has 2 aliphatic rings. The topological polar surface area (TPSA) is 38.0 Å². The molecule has 0 aromatic heterocycles. The maximum absolute atomic E-state index is 5.73. The fraction of sp³-hybridized carbons (Fsp3) is 1.00. The highest BCUT2D eigenvalue weighted by Crippen LogP contribution is 2.37. The van der Waals surface area contributed by atoms with Crippen molar-refractivity contribution in [2.24, 2.45) is 23.6 Å². The van der Waals surface area contributed by atoms with Crippen LogP contribution in [0.1, 0.15) is 58.3 Å². The molecule has 2 nitrogen and oxygen atoms in total. The first kappa shape index (κ1) is 11.4. The van der Waals surface area contributed by atoms with Crippen LogP contribution in [-0.2, 0) is 0 Å². The first-order chi connectivity index (χ1) is 7.29. The molecule has 3 atom stereocenters. The van der Waals surface area contributed by atoms with E-state index in [-0.39, 0.29) is 0 Å². The Balaban J connectivity index is 1.80. The first-order valence-corrected chi connectivity index (χ1v) is 6.75. The van der Waals surface area contributed by atoms with Gasteiger partial charge in [0.1, 0.15) is 0 Å². The second-order valence-corrected chi connectivity index (χ2v) is 5.84. The molecule has 2 rings (SSSR count). The van der Waals surface area contributed by atoms with Gasteiger partial charge in [-0.15, -0.1) is 0 Å². The van der Waals surface area contributed by atoms with Gasteiger partial charge in [0.15, 0.2) is 0 Å². The molecule has 0 aromatic rings. The van der Waals surface area contributed by atoms with Crippen LogP contribution in [0.5, 0.6) is 0 Å². The van der Waals surface area contributed by atoms with Crippen LogP contribution in [0.4, 0.5) is 0 Å². The Labute approximate surface area is 94.0 Å². The summed E-state index contributed by atoms with van der Waals surface area (Å²) in [7, 11) is 0. The third kappa shape index (κ3) is 2.94. The lowest BCUT2D eigenvalue weighted by molar-refractivity contribution is 0.292. The van der Waals surface area contributed by atoms with E-state index in [4.69, 9.17) is 5.84 Å². The predicted molar refractivity (Wildman–Crippen MR) is 64.2 cm³/mol. The lowest BCUT2D eigenvalue weighted by Crippen LogP contribution is -2.41. The molecule has 0 saturated heterocycles. The van der Waals surface area contributed by atoms with Crippen molar-refractivity contribution in [1.82, 2.24) is 5.43 Å². The van der Waals surface area contributed by atoms with E-state index in [0.29, 0.717) is 6.04 Å². The lowest BCUT2D eigenvalue weighted by Gasteiger charge is -2.25. The van der Waals surface area contributed by atoms with Crippen molar-refractivity contribution >= 4 is 0 Å². The molecule has 0 amide bonds. The highest BCUT2D eigenvalue weighted by molar-refractivity contribution is 4.84. The van der Waals surface area contributed by atoms with Crippen LogP contribution in [0.15, 0.2) is 0 Å². The van der Waals surface area contributed by atoms with Crippen LogP contribution in [0, 0.1) is 17.8 Å². The Morgan fingerprint density at radius 2 is 1.93 bits per heavy atom. The Hall–Kier alpha value is -0.0800. The van der Waals surface area contributed by atoms with Gasteiger partial charge in [0.05, 0.1) is 0 Å². The highest BCUT2D eigenvalue weighted by Gasteiger charge is 2.30. The molecule has 2 fully saturated rings. The summed E-state index contributed by atoms with van der Waals surface area (Å²) in [5, 5.41) is 0. The molecule has 3 unspecified atom stereocenters. The van der Waals surface area contributed by atoms with Crippen LogP contribution in [0.2, 0.25) is 0 Å². The number of rotatable bonds is 4. The standard InChI is InChI=1S/C13H26N2/c1-10-6-7-12(8-10)13(15-14)9-11-4-2-3-5-11/h10-13,15H,2-9,14H2,1H3. The molecular formula is C13H26N2. The third-order valence-corrected chi connectivity index (χ3v) is 4.58. The van der Waals surface area contributed by atoms with Crippen molar-refractivity contribution in [3.63, 3.8) is 0 Å². The molecule has 15 heavy (non-hydrogen) atoms. The molecule has 0 spiro atoms. The summed E-state index contributed by atoms with van der Waals surface area (Å²) in [6.45, 7) is 2.38. The van der Waals surface area contributed by atoms with E-state index in [2.05, 4.69) is 12.3 Å². The fourth-order valence-electron chi connectivity index (χ4n) is 3.62. The minimum Gasteiger partial charge on any atom is -0.271 e. The molecule has 0 radical (unpaired) electrons. The molecule has 0 aromatic carbocycles. The first-order valence-electron chi connectivity index (χ1n) is 6.75. The molecule has 88 valence electrons. The van der Waals surface area contributed by atoms with Crippen molar-refractivity contribution < 1.29 is 0 Å². The summed E-state index contributed by atoms with van der Waals surface area (Å²) < 4.78 is 0. The number of hydrazine groups is 1. The summed E-state index contributed by atoms with van der Waals surface area (Å²) in [5.41, 5.74) is 3.09. The van der Waals surface area contributed by atoms with E-state index < -0.39 is 0 Å². The van der Waals surface area contributed by atoms with E-state index in [1.54, 1.807) is 0 Å². The van der Waals surface area contributed by atoms with Gasteiger partial charge < -0.3 is 0 Å². The average molecular weight is 210 g/mol. The Morgan fingerprint density at radius 3 is 2.47 bits per heavy atom. The van der Waals surface area contributed by atoms with Crippen LogP contribution in [0.25, 0.3) is 0 Å². The molecule has 0 aliphatic heterocycles. The van der Waals surface area contributed by atoms with Crippen LogP contribution in [-0.4, -0.2) is 6.04 Å². The highest BCUT2D eigenvalue weighted by atomic mass is 15.2. The number of nitrogens with two attached hydrogens (primary N) is 1. The largest absolute Gasteiger partial charge is 0.271 e. The number of hydrogen-bond donors (Lipinski definition) is 2. The van der Waals surface area contributed by atoms with E-state index in [0.717, 1.165) is 17.8 Å². The summed E-state index contributed by atoms with van der Waals surface area (Å²) in [5.74, 6) is 8.46. The van der Waals surface area contributed by atoms with Crippen molar-refractivity contribution in [3.05, 3.63) is 0 Å². The number of hydrogen-bond acceptors (Lipinski definition) is 2.